The first kappa shape index (κ1) is 25.2. The second-order valence-corrected chi connectivity index (χ2v) is 9.28. The predicted octanol–water partition coefficient (Wildman–Crippen LogP) is 5.87. The molecule has 14 heteroatoms. The minimum atomic E-state index is -5.92. The van der Waals surface area contributed by atoms with Crippen LogP contribution in [0.1, 0.15) is 44.9 Å². The average Bonchev–Trinajstić information content (AvgIpc) is 3.01. The zero-order valence-corrected chi connectivity index (χ0v) is 16.6. The third kappa shape index (κ3) is 3.81. The van der Waals surface area contributed by atoms with Crippen molar-refractivity contribution < 1.29 is 49.7 Å². The molecular weight excluding hydrogens is 461 g/mol. The van der Waals surface area contributed by atoms with Crippen molar-refractivity contribution in [3.8, 4) is 0 Å². The lowest BCUT2D eigenvalue weighted by Crippen LogP contribution is -2.62. The Hall–Kier alpha value is -1.40. The highest BCUT2D eigenvalue weighted by molar-refractivity contribution is 5.06. The maximum Gasteiger partial charge on any atom is 0.426 e. The highest BCUT2D eigenvalue weighted by Gasteiger charge is 2.74. The van der Waals surface area contributed by atoms with E-state index in [9.17, 15) is 49.7 Å². The van der Waals surface area contributed by atoms with Crippen molar-refractivity contribution in [2.45, 2.75) is 74.8 Å². The normalized spacial score (nSPS) is 36.0. The Kier molecular flexibility index (Phi) is 6.17. The van der Waals surface area contributed by atoms with Crippen molar-refractivity contribution >= 4 is 0 Å². The summed E-state index contributed by atoms with van der Waals surface area (Å²) in [5.41, 5.74) is 0.00244. The van der Waals surface area contributed by atoms with E-state index in [1.165, 1.54) is 0 Å². The van der Waals surface area contributed by atoms with Gasteiger partial charge in [0.25, 0.3) is 5.60 Å². The third-order valence-corrected chi connectivity index (χ3v) is 7.88. The van der Waals surface area contributed by atoms with Gasteiger partial charge in [-0.2, -0.15) is 39.5 Å². The largest absolute Gasteiger partial charge is 0.426 e. The van der Waals surface area contributed by atoms with Gasteiger partial charge in [0.2, 0.25) is 5.72 Å². The van der Waals surface area contributed by atoms with E-state index >= 15 is 0 Å². The SMILES string of the molecule is [N-]=[N+]=NC(O)(C1CCC2C(CC3CC(C(O)(C(F)(F)F)C(F)(F)F)CCC32)C1)C(F)(F)F. The molecule has 5 nitrogen and oxygen atoms in total. The van der Waals surface area contributed by atoms with Crippen LogP contribution in [0.3, 0.4) is 0 Å². The molecule has 0 spiro atoms. The summed E-state index contributed by atoms with van der Waals surface area (Å²) in [6.07, 6.45) is -18.2. The molecule has 0 aromatic rings. The number of halogens is 9. The highest BCUT2D eigenvalue weighted by Crippen LogP contribution is 2.61. The van der Waals surface area contributed by atoms with Crippen molar-refractivity contribution in [3.05, 3.63) is 10.4 Å². The van der Waals surface area contributed by atoms with E-state index in [4.69, 9.17) is 5.53 Å². The summed E-state index contributed by atoms with van der Waals surface area (Å²) in [5, 5.41) is 22.4. The van der Waals surface area contributed by atoms with Gasteiger partial charge in [-0.15, -0.1) is 0 Å². The van der Waals surface area contributed by atoms with Crippen molar-refractivity contribution in [2.75, 3.05) is 0 Å². The Labute approximate surface area is 176 Å². The summed E-state index contributed by atoms with van der Waals surface area (Å²) in [5.74, 6) is -5.10. The van der Waals surface area contributed by atoms with Gasteiger partial charge in [0.1, 0.15) is 0 Å². The van der Waals surface area contributed by atoms with Crippen LogP contribution >= 0.6 is 0 Å². The summed E-state index contributed by atoms with van der Waals surface area (Å²) in [6.45, 7) is 0. The molecule has 7 unspecified atom stereocenters. The number of nitrogens with zero attached hydrogens (tertiary/aromatic N) is 3. The molecule has 7 atom stereocenters. The Balaban J connectivity index is 1.79. The summed E-state index contributed by atoms with van der Waals surface area (Å²) in [7, 11) is 0. The Morgan fingerprint density at radius 3 is 1.50 bits per heavy atom. The standard InChI is InChI=1S/C18H22F9N3O2/c19-16(20,21)14(31,17(22,23)24)10-1-3-12-8(6-10)5-9-7-11(2-4-13(9)12)15(32,29-30-28)18(25,26)27/h8-13,31-32H,1-7H2. The third-order valence-electron chi connectivity index (χ3n) is 7.88. The van der Waals surface area contributed by atoms with Crippen LogP contribution < -0.4 is 0 Å². The van der Waals surface area contributed by atoms with Gasteiger partial charge in [0, 0.05) is 16.7 Å². The molecular formula is C18H22F9N3O2. The fourth-order valence-electron chi connectivity index (χ4n) is 6.44. The first-order valence-corrected chi connectivity index (χ1v) is 10.2. The molecule has 0 aromatic heterocycles. The first-order chi connectivity index (χ1) is 14.5. The quantitative estimate of drug-likeness (QED) is 0.228. The van der Waals surface area contributed by atoms with Gasteiger partial charge in [0.15, 0.2) is 0 Å². The van der Waals surface area contributed by atoms with E-state index in [-0.39, 0.29) is 43.9 Å². The number of hydrogen-bond donors (Lipinski definition) is 2. The number of aliphatic hydroxyl groups is 2. The number of rotatable bonds is 3. The molecule has 0 radical (unpaired) electrons. The van der Waals surface area contributed by atoms with E-state index < -0.39 is 66.4 Å². The predicted molar refractivity (Wildman–Crippen MR) is 90.5 cm³/mol. The van der Waals surface area contributed by atoms with Gasteiger partial charge in [0.05, 0.1) is 0 Å². The molecule has 3 saturated carbocycles. The summed E-state index contributed by atoms with van der Waals surface area (Å²) in [4.78, 5) is 2.10. The maximum atomic E-state index is 13.4. The molecule has 3 aliphatic carbocycles. The van der Waals surface area contributed by atoms with Gasteiger partial charge in [-0.1, -0.05) is 0 Å². The minimum Gasteiger partial charge on any atom is -0.376 e. The molecule has 3 aliphatic rings. The minimum absolute atomic E-state index is 0.00444. The first-order valence-electron chi connectivity index (χ1n) is 10.2. The molecule has 184 valence electrons. The van der Waals surface area contributed by atoms with E-state index in [0.717, 1.165) is 0 Å². The van der Waals surface area contributed by atoms with Gasteiger partial charge in [-0.25, -0.2) is 0 Å². The summed E-state index contributed by atoms with van der Waals surface area (Å²) >= 11 is 0. The molecule has 0 bridgehead atoms. The Morgan fingerprint density at radius 2 is 1.09 bits per heavy atom. The van der Waals surface area contributed by atoms with Crippen LogP contribution in [0.2, 0.25) is 0 Å². The number of azide groups is 1. The lowest BCUT2D eigenvalue weighted by atomic mass is 9.65. The molecule has 0 aromatic carbocycles. The Morgan fingerprint density at radius 1 is 0.656 bits per heavy atom. The van der Waals surface area contributed by atoms with Crippen molar-refractivity contribution in [2.24, 2.45) is 40.6 Å². The van der Waals surface area contributed by atoms with Gasteiger partial charge >= 0.3 is 18.5 Å². The van der Waals surface area contributed by atoms with E-state index in [2.05, 4.69) is 10.0 Å². The van der Waals surface area contributed by atoms with E-state index in [1.807, 2.05) is 0 Å². The van der Waals surface area contributed by atoms with Crippen molar-refractivity contribution in [1.82, 2.24) is 0 Å². The topological polar surface area (TPSA) is 89.2 Å². The van der Waals surface area contributed by atoms with Crippen LogP contribution in [0.25, 0.3) is 10.4 Å². The molecule has 0 heterocycles. The smallest absolute Gasteiger partial charge is 0.376 e. The van der Waals surface area contributed by atoms with Gasteiger partial charge in [-0.05, 0) is 79.3 Å². The second-order valence-electron chi connectivity index (χ2n) is 9.28. The molecule has 32 heavy (non-hydrogen) atoms. The summed E-state index contributed by atoms with van der Waals surface area (Å²) in [6, 6.07) is 0. The van der Waals surface area contributed by atoms with Crippen LogP contribution in [0.15, 0.2) is 5.11 Å². The lowest BCUT2D eigenvalue weighted by molar-refractivity contribution is -0.388. The van der Waals surface area contributed by atoms with Crippen molar-refractivity contribution in [3.63, 3.8) is 0 Å². The fourth-order valence-corrected chi connectivity index (χ4v) is 6.44. The van der Waals surface area contributed by atoms with E-state index in [0.29, 0.717) is 0 Å². The number of hydrogen-bond acceptors (Lipinski definition) is 3. The van der Waals surface area contributed by atoms with Gasteiger partial charge in [-0.3, -0.25) is 0 Å². The van der Waals surface area contributed by atoms with E-state index in [1.54, 1.807) is 0 Å². The molecule has 2 N–H and O–H groups in total. The average molecular weight is 483 g/mol. The van der Waals surface area contributed by atoms with Crippen LogP contribution in [-0.4, -0.2) is 40.1 Å². The van der Waals surface area contributed by atoms with Gasteiger partial charge < -0.3 is 10.2 Å². The van der Waals surface area contributed by atoms with Crippen LogP contribution in [0, 0.1) is 35.5 Å². The van der Waals surface area contributed by atoms with Crippen molar-refractivity contribution in [1.29, 1.82) is 0 Å². The molecule has 0 aliphatic heterocycles. The zero-order chi connectivity index (χ0) is 24.3. The maximum absolute atomic E-state index is 13.4. The second kappa shape index (κ2) is 7.83. The van der Waals surface area contributed by atoms with Crippen LogP contribution in [-0.2, 0) is 0 Å². The molecule has 3 rings (SSSR count). The molecule has 0 amide bonds. The van der Waals surface area contributed by atoms with Crippen LogP contribution in [0.5, 0.6) is 0 Å². The highest BCUT2D eigenvalue weighted by atomic mass is 19.4. The summed E-state index contributed by atoms with van der Waals surface area (Å²) < 4.78 is 120. The lowest BCUT2D eigenvalue weighted by Gasteiger charge is -2.45. The number of alkyl halides is 9. The van der Waals surface area contributed by atoms with Crippen LogP contribution in [0.4, 0.5) is 39.5 Å². The molecule has 0 saturated heterocycles. The zero-order valence-electron chi connectivity index (χ0n) is 16.6. The fraction of sp³-hybridized carbons (Fsp3) is 1.00. The molecule has 3 fully saturated rings. The monoisotopic (exact) mass is 483 g/mol. The number of fused-ring (bicyclic) bond motifs is 3. The Bertz CT molecular complexity index is 748.